The van der Waals surface area contributed by atoms with Gasteiger partial charge in [0.1, 0.15) is 6.26 Å². The fourth-order valence-corrected chi connectivity index (χ4v) is 2.90. The highest BCUT2D eigenvalue weighted by molar-refractivity contribution is 5.83. The van der Waals surface area contributed by atoms with Crippen LogP contribution in [0.5, 0.6) is 0 Å². The number of H-pyrrole nitrogens is 1. The van der Waals surface area contributed by atoms with Gasteiger partial charge in [-0.05, 0) is 11.6 Å². The lowest BCUT2D eigenvalue weighted by Crippen LogP contribution is -2.06. The Balaban J connectivity index is 1.85. The predicted octanol–water partition coefficient (Wildman–Crippen LogP) is 2.66. The molecule has 0 aliphatic carbocycles. The quantitative estimate of drug-likeness (QED) is 0.628. The van der Waals surface area contributed by atoms with Crippen molar-refractivity contribution in [2.75, 3.05) is 0 Å². The summed E-state index contributed by atoms with van der Waals surface area (Å²) in [4.78, 5) is 11.6. The first-order valence-electron chi connectivity index (χ1n) is 7.09. The Morgan fingerprint density at radius 3 is 3.05 bits per heavy atom. The molecule has 4 aromatic rings. The third kappa shape index (κ3) is 2.09. The van der Waals surface area contributed by atoms with E-state index in [0.717, 1.165) is 28.7 Å². The molecule has 6 nitrogen and oxygen atoms in total. The molecule has 0 spiro atoms. The molecular formula is C16H15N5O. The number of rotatable bonds is 4. The topological polar surface area (TPSA) is 72.5 Å². The Kier molecular flexibility index (Phi) is 3.00. The lowest BCUT2D eigenvalue weighted by molar-refractivity contribution is 0.555. The van der Waals surface area contributed by atoms with E-state index in [1.54, 1.807) is 12.6 Å². The number of nitrogens with one attached hydrogen (secondary N) is 1. The minimum absolute atomic E-state index is 0.125. The van der Waals surface area contributed by atoms with Gasteiger partial charge in [-0.1, -0.05) is 12.1 Å². The minimum Gasteiger partial charge on any atom is -0.451 e. The summed E-state index contributed by atoms with van der Waals surface area (Å²) in [6, 6.07) is 6.27. The van der Waals surface area contributed by atoms with Crippen molar-refractivity contribution in [2.24, 2.45) is 7.05 Å². The maximum Gasteiger partial charge on any atom is 0.180 e. The molecule has 0 fully saturated rings. The molecule has 0 bridgehead atoms. The van der Waals surface area contributed by atoms with Crippen LogP contribution in [0.4, 0.5) is 0 Å². The van der Waals surface area contributed by atoms with Crippen LogP contribution >= 0.6 is 0 Å². The van der Waals surface area contributed by atoms with E-state index < -0.39 is 0 Å². The van der Waals surface area contributed by atoms with Crippen molar-refractivity contribution in [2.45, 2.75) is 12.3 Å². The standard InChI is InChI=1S/C16H15N5O/c1-21-16-4-2-3-12(14(16)6-20-21)13(15-7-17-9-18-15)5-11-8-22-10-19-11/h2-4,6-10,13H,5H2,1H3,(H,17,18). The largest absolute Gasteiger partial charge is 0.451 e. The average molecular weight is 293 g/mol. The normalized spacial score (nSPS) is 12.8. The summed E-state index contributed by atoms with van der Waals surface area (Å²) < 4.78 is 6.99. The predicted molar refractivity (Wildman–Crippen MR) is 81.4 cm³/mol. The maximum atomic E-state index is 5.11. The average Bonchev–Trinajstić information content (AvgIpc) is 3.27. The summed E-state index contributed by atoms with van der Waals surface area (Å²) in [5.41, 5.74) is 4.29. The highest BCUT2D eigenvalue weighted by Crippen LogP contribution is 2.32. The highest BCUT2D eigenvalue weighted by atomic mass is 16.3. The lowest BCUT2D eigenvalue weighted by Gasteiger charge is -2.15. The monoisotopic (exact) mass is 293 g/mol. The molecule has 4 rings (SSSR count). The Bertz CT molecular complexity index is 877. The Morgan fingerprint density at radius 2 is 2.27 bits per heavy atom. The number of hydrogen-bond acceptors (Lipinski definition) is 4. The molecule has 0 aliphatic heterocycles. The van der Waals surface area contributed by atoms with Gasteiger partial charge in [-0.2, -0.15) is 5.10 Å². The molecule has 3 aromatic heterocycles. The second-order valence-electron chi connectivity index (χ2n) is 5.29. The Labute approximate surface area is 126 Å². The molecule has 1 atom stereocenters. The van der Waals surface area contributed by atoms with E-state index in [2.05, 4.69) is 38.2 Å². The molecule has 1 aromatic carbocycles. The molecule has 0 saturated carbocycles. The van der Waals surface area contributed by atoms with Gasteiger partial charge in [-0.25, -0.2) is 9.97 Å². The Morgan fingerprint density at radius 1 is 1.32 bits per heavy atom. The van der Waals surface area contributed by atoms with E-state index >= 15 is 0 Å². The number of imidazole rings is 1. The van der Waals surface area contributed by atoms with Crippen LogP contribution in [0.3, 0.4) is 0 Å². The first-order chi connectivity index (χ1) is 10.8. The van der Waals surface area contributed by atoms with Crippen molar-refractivity contribution in [3.8, 4) is 0 Å². The van der Waals surface area contributed by atoms with E-state index in [0.29, 0.717) is 0 Å². The van der Waals surface area contributed by atoms with Crippen molar-refractivity contribution in [3.63, 3.8) is 0 Å². The third-order valence-electron chi connectivity index (χ3n) is 3.99. The van der Waals surface area contributed by atoms with Crippen LogP contribution in [0.25, 0.3) is 10.9 Å². The number of aryl methyl sites for hydroxylation is 1. The summed E-state index contributed by atoms with van der Waals surface area (Å²) in [5.74, 6) is 0.125. The molecule has 0 radical (unpaired) electrons. The van der Waals surface area contributed by atoms with Gasteiger partial charge in [0.05, 0.1) is 23.7 Å². The van der Waals surface area contributed by atoms with Crippen molar-refractivity contribution < 1.29 is 4.42 Å². The lowest BCUT2D eigenvalue weighted by atomic mass is 9.89. The van der Waals surface area contributed by atoms with Gasteiger partial charge >= 0.3 is 0 Å². The fraction of sp³-hybridized carbons (Fsp3) is 0.188. The first kappa shape index (κ1) is 12.8. The maximum absolute atomic E-state index is 5.11. The zero-order chi connectivity index (χ0) is 14.9. The van der Waals surface area contributed by atoms with Gasteiger partial charge in [-0.15, -0.1) is 0 Å². The van der Waals surface area contributed by atoms with Gasteiger partial charge in [0.15, 0.2) is 6.39 Å². The molecule has 110 valence electrons. The summed E-state index contributed by atoms with van der Waals surface area (Å²) in [6.45, 7) is 0. The Hall–Kier alpha value is -2.89. The number of aromatic nitrogens is 5. The van der Waals surface area contributed by atoms with Crippen LogP contribution in [-0.4, -0.2) is 24.7 Å². The zero-order valence-corrected chi connectivity index (χ0v) is 12.1. The molecule has 6 heteroatoms. The molecule has 1 unspecified atom stereocenters. The number of benzene rings is 1. The van der Waals surface area contributed by atoms with Crippen LogP contribution in [0.2, 0.25) is 0 Å². The van der Waals surface area contributed by atoms with Crippen LogP contribution in [0.15, 0.2) is 54.0 Å². The summed E-state index contributed by atoms with van der Waals surface area (Å²) in [6.07, 6.45) is 9.37. The number of fused-ring (bicyclic) bond motifs is 1. The highest BCUT2D eigenvalue weighted by Gasteiger charge is 2.20. The summed E-state index contributed by atoms with van der Waals surface area (Å²) >= 11 is 0. The molecule has 0 aliphatic rings. The minimum atomic E-state index is 0.125. The van der Waals surface area contributed by atoms with Crippen LogP contribution < -0.4 is 0 Å². The van der Waals surface area contributed by atoms with Crippen LogP contribution in [0, 0.1) is 0 Å². The van der Waals surface area contributed by atoms with E-state index in [9.17, 15) is 0 Å². The second-order valence-corrected chi connectivity index (χ2v) is 5.29. The second kappa shape index (κ2) is 5.14. The van der Waals surface area contributed by atoms with Crippen LogP contribution in [-0.2, 0) is 13.5 Å². The van der Waals surface area contributed by atoms with E-state index in [-0.39, 0.29) is 5.92 Å². The summed E-state index contributed by atoms with van der Waals surface area (Å²) in [7, 11) is 1.95. The van der Waals surface area contributed by atoms with Crippen molar-refractivity contribution in [3.05, 3.63) is 66.5 Å². The number of oxazole rings is 1. The van der Waals surface area contributed by atoms with Gasteiger partial charge in [0, 0.05) is 36.7 Å². The van der Waals surface area contributed by atoms with E-state index in [1.165, 1.54) is 12.0 Å². The number of hydrogen-bond donors (Lipinski definition) is 1. The first-order valence-corrected chi connectivity index (χ1v) is 7.09. The van der Waals surface area contributed by atoms with Gasteiger partial charge in [0.2, 0.25) is 0 Å². The molecule has 22 heavy (non-hydrogen) atoms. The molecule has 1 N–H and O–H groups in total. The smallest absolute Gasteiger partial charge is 0.180 e. The molecule has 0 saturated heterocycles. The van der Waals surface area contributed by atoms with Gasteiger partial charge in [-0.3, -0.25) is 4.68 Å². The van der Waals surface area contributed by atoms with Crippen molar-refractivity contribution >= 4 is 10.9 Å². The van der Waals surface area contributed by atoms with Crippen molar-refractivity contribution in [1.82, 2.24) is 24.7 Å². The fourth-order valence-electron chi connectivity index (χ4n) is 2.90. The summed E-state index contributed by atoms with van der Waals surface area (Å²) in [5, 5.41) is 5.52. The van der Waals surface area contributed by atoms with E-state index in [4.69, 9.17) is 4.42 Å². The zero-order valence-electron chi connectivity index (χ0n) is 12.1. The van der Waals surface area contributed by atoms with Crippen molar-refractivity contribution in [1.29, 1.82) is 0 Å². The van der Waals surface area contributed by atoms with E-state index in [1.807, 2.05) is 24.1 Å². The SMILES string of the molecule is Cn1ncc2c(C(Cc3cocn3)c3cnc[nH]3)cccc21. The van der Waals surface area contributed by atoms with Gasteiger partial charge < -0.3 is 9.40 Å². The van der Waals surface area contributed by atoms with Gasteiger partial charge in [0.25, 0.3) is 0 Å². The number of nitrogens with zero attached hydrogens (tertiary/aromatic N) is 4. The number of aromatic amines is 1. The molecule has 0 amide bonds. The molecule has 3 heterocycles. The third-order valence-corrected chi connectivity index (χ3v) is 3.99. The van der Waals surface area contributed by atoms with Crippen LogP contribution in [0.1, 0.15) is 22.9 Å². The molecular weight excluding hydrogens is 278 g/mol.